The van der Waals surface area contributed by atoms with E-state index < -0.39 is 0 Å². The number of carbonyl (C=O) groups excluding carboxylic acids is 1. The number of amides is 1. The summed E-state index contributed by atoms with van der Waals surface area (Å²) in [6.45, 7) is 4.64. The molecule has 0 bridgehead atoms. The van der Waals surface area contributed by atoms with Crippen molar-refractivity contribution in [1.82, 2.24) is 24.1 Å². The third kappa shape index (κ3) is 4.22. The van der Waals surface area contributed by atoms with Crippen molar-refractivity contribution in [2.24, 2.45) is 0 Å². The monoisotopic (exact) mass is 441 g/mol. The van der Waals surface area contributed by atoms with Gasteiger partial charge < -0.3 is 4.90 Å². The van der Waals surface area contributed by atoms with Crippen LogP contribution in [-0.4, -0.2) is 48.3 Å². The first-order valence-corrected chi connectivity index (χ1v) is 12.2. The van der Waals surface area contributed by atoms with Crippen molar-refractivity contribution in [3.63, 3.8) is 0 Å². The normalized spacial score (nSPS) is 16.1. The molecule has 31 heavy (non-hydrogen) atoms. The Labute approximate surface area is 186 Å². The van der Waals surface area contributed by atoms with Crippen LogP contribution in [0.4, 0.5) is 0 Å². The summed E-state index contributed by atoms with van der Waals surface area (Å²) in [5.41, 5.74) is 0.740. The van der Waals surface area contributed by atoms with Crippen LogP contribution in [0, 0.1) is 0 Å². The summed E-state index contributed by atoms with van der Waals surface area (Å²) >= 11 is 1.42. The van der Waals surface area contributed by atoms with Crippen LogP contribution in [-0.2, 0) is 11.3 Å². The highest BCUT2D eigenvalue weighted by molar-refractivity contribution is 8.00. The van der Waals surface area contributed by atoms with Crippen LogP contribution in [0.15, 0.2) is 34.2 Å². The number of rotatable bonds is 7. The molecule has 2 aromatic heterocycles. The first-order valence-electron chi connectivity index (χ1n) is 11.3. The second-order valence-electron chi connectivity index (χ2n) is 8.45. The molecule has 1 aliphatic rings. The maximum absolute atomic E-state index is 13.1. The van der Waals surface area contributed by atoms with Gasteiger partial charge in [0.15, 0.2) is 5.16 Å². The minimum Gasteiger partial charge on any atom is -0.342 e. The van der Waals surface area contributed by atoms with Crippen LogP contribution in [0.5, 0.6) is 0 Å². The highest BCUT2D eigenvalue weighted by Gasteiger charge is 2.28. The van der Waals surface area contributed by atoms with E-state index in [0.29, 0.717) is 28.9 Å². The molecule has 7 nitrogen and oxygen atoms in total. The molecule has 166 valence electrons. The molecule has 2 heterocycles. The van der Waals surface area contributed by atoms with E-state index in [1.54, 1.807) is 4.57 Å². The lowest BCUT2D eigenvalue weighted by atomic mass is 9.94. The van der Waals surface area contributed by atoms with Gasteiger partial charge in [0.1, 0.15) is 0 Å². The Morgan fingerprint density at radius 1 is 1.23 bits per heavy atom. The largest absolute Gasteiger partial charge is 0.342 e. The van der Waals surface area contributed by atoms with Gasteiger partial charge in [0.25, 0.3) is 5.56 Å². The quantitative estimate of drug-likeness (QED) is 0.516. The lowest BCUT2D eigenvalue weighted by molar-refractivity contribution is -0.131. The van der Waals surface area contributed by atoms with Gasteiger partial charge in [0, 0.05) is 19.6 Å². The van der Waals surface area contributed by atoms with E-state index in [1.807, 2.05) is 47.5 Å². The van der Waals surface area contributed by atoms with Gasteiger partial charge in [-0.1, -0.05) is 56.5 Å². The number of unbranched alkanes of at least 4 members (excludes halogenated alkanes) is 1. The predicted octanol–water partition coefficient (Wildman–Crippen LogP) is 4.12. The van der Waals surface area contributed by atoms with Crippen LogP contribution in [0.3, 0.4) is 0 Å². The molecule has 1 aromatic carbocycles. The number of benzene rings is 1. The number of carbonyl (C=O) groups is 1. The number of aromatic nitrogens is 4. The van der Waals surface area contributed by atoms with Crippen molar-refractivity contribution in [1.29, 1.82) is 0 Å². The van der Waals surface area contributed by atoms with Crippen LogP contribution < -0.4 is 5.56 Å². The van der Waals surface area contributed by atoms with Crippen molar-refractivity contribution in [2.45, 2.75) is 81.8 Å². The number of hydrogen-bond donors (Lipinski definition) is 0. The van der Waals surface area contributed by atoms with Gasteiger partial charge in [-0.25, -0.2) is 0 Å². The van der Waals surface area contributed by atoms with Gasteiger partial charge in [0.05, 0.1) is 16.2 Å². The molecule has 1 aliphatic carbocycles. The van der Waals surface area contributed by atoms with Crippen LogP contribution in [0.2, 0.25) is 0 Å². The summed E-state index contributed by atoms with van der Waals surface area (Å²) in [6.07, 6.45) is 7.70. The number of fused-ring (bicyclic) bond motifs is 3. The minimum atomic E-state index is -0.283. The Kier molecular flexibility index (Phi) is 6.65. The molecule has 0 aliphatic heterocycles. The van der Waals surface area contributed by atoms with Gasteiger partial charge in [-0.3, -0.25) is 18.6 Å². The van der Waals surface area contributed by atoms with Crippen molar-refractivity contribution in [2.75, 3.05) is 7.05 Å². The lowest BCUT2D eigenvalue weighted by Crippen LogP contribution is -2.42. The summed E-state index contributed by atoms with van der Waals surface area (Å²) in [5.74, 6) is 0.664. The first-order chi connectivity index (χ1) is 15.0. The maximum Gasteiger partial charge on any atom is 0.262 e. The van der Waals surface area contributed by atoms with E-state index in [2.05, 4.69) is 17.1 Å². The molecular formula is C23H31N5O2S. The maximum atomic E-state index is 13.1. The fourth-order valence-corrected chi connectivity index (χ4v) is 5.43. The summed E-state index contributed by atoms with van der Waals surface area (Å²) < 4.78 is 3.64. The molecule has 3 aromatic rings. The van der Waals surface area contributed by atoms with E-state index in [-0.39, 0.29) is 16.7 Å². The topological polar surface area (TPSA) is 72.5 Å². The molecular weight excluding hydrogens is 410 g/mol. The van der Waals surface area contributed by atoms with Gasteiger partial charge >= 0.3 is 0 Å². The van der Waals surface area contributed by atoms with E-state index in [0.717, 1.165) is 31.2 Å². The van der Waals surface area contributed by atoms with Gasteiger partial charge in [0.2, 0.25) is 11.7 Å². The zero-order valence-corrected chi connectivity index (χ0v) is 19.4. The third-order valence-corrected chi connectivity index (χ3v) is 7.34. The Morgan fingerprint density at radius 3 is 2.71 bits per heavy atom. The molecule has 0 radical (unpaired) electrons. The molecule has 0 saturated heterocycles. The second-order valence-corrected chi connectivity index (χ2v) is 9.75. The van der Waals surface area contributed by atoms with E-state index >= 15 is 0 Å². The second kappa shape index (κ2) is 9.42. The zero-order valence-electron chi connectivity index (χ0n) is 18.6. The zero-order chi connectivity index (χ0) is 22.0. The molecule has 1 atom stereocenters. The Balaban J connectivity index is 1.69. The fraction of sp³-hybridized carbons (Fsp3) is 0.565. The van der Waals surface area contributed by atoms with Gasteiger partial charge in [-0.15, -0.1) is 10.2 Å². The van der Waals surface area contributed by atoms with Crippen molar-refractivity contribution in [3.8, 4) is 0 Å². The molecule has 4 rings (SSSR count). The SMILES string of the molecule is CCCCn1c(=O)c2ccccc2n2c(SC(C)C(=O)N(C)C3CCCCC3)nnc12. The number of hydrogen-bond acceptors (Lipinski definition) is 5. The molecule has 1 unspecified atom stereocenters. The third-order valence-electron chi connectivity index (χ3n) is 6.31. The number of aryl methyl sites for hydroxylation is 1. The van der Waals surface area contributed by atoms with Crippen LogP contribution in [0.25, 0.3) is 16.7 Å². The molecule has 0 spiro atoms. The lowest BCUT2D eigenvalue weighted by Gasteiger charge is -2.32. The minimum absolute atomic E-state index is 0.0401. The summed E-state index contributed by atoms with van der Waals surface area (Å²) in [6, 6.07) is 7.89. The fourth-order valence-electron chi connectivity index (χ4n) is 4.47. The smallest absolute Gasteiger partial charge is 0.262 e. The average molecular weight is 442 g/mol. The highest BCUT2D eigenvalue weighted by atomic mass is 32.2. The number of nitrogens with zero attached hydrogens (tertiary/aromatic N) is 5. The highest BCUT2D eigenvalue weighted by Crippen LogP contribution is 2.28. The van der Waals surface area contributed by atoms with Crippen molar-refractivity contribution < 1.29 is 4.79 Å². The Morgan fingerprint density at radius 2 is 1.97 bits per heavy atom. The van der Waals surface area contributed by atoms with Crippen molar-refractivity contribution >= 4 is 34.3 Å². The van der Waals surface area contributed by atoms with Gasteiger partial charge in [-0.2, -0.15) is 0 Å². The van der Waals surface area contributed by atoms with Gasteiger partial charge in [-0.05, 0) is 38.3 Å². The Bertz CT molecular complexity index is 1130. The Hall–Kier alpha value is -2.35. The first kappa shape index (κ1) is 21.9. The standard InChI is InChI=1S/C23H31N5O2S/c1-4-5-15-27-21(30)18-13-9-10-14-19(18)28-22(27)24-25-23(28)31-16(2)20(29)26(3)17-11-7-6-8-12-17/h9-10,13-14,16-17H,4-8,11-12,15H2,1-3H3. The molecule has 0 N–H and O–H groups in total. The molecule has 8 heteroatoms. The van der Waals surface area contributed by atoms with Crippen LogP contribution >= 0.6 is 11.8 Å². The summed E-state index contributed by atoms with van der Waals surface area (Å²) in [7, 11) is 1.93. The van der Waals surface area contributed by atoms with E-state index in [1.165, 1.54) is 31.0 Å². The van der Waals surface area contributed by atoms with E-state index in [4.69, 9.17) is 0 Å². The van der Waals surface area contributed by atoms with Crippen molar-refractivity contribution in [3.05, 3.63) is 34.6 Å². The van der Waals surface area contributed by atoms with Crippen LogP contribution in [0.1, 0.15) is 58.8 Å². The molecule has 1 fully saturated rings. The number of thioether (sulfide) groups is 1. The summed E-state index contributed by atoms with van der Waals surface area (Å²) in [4.78, 5) is 28.1. The van der Waals surface area contributed by atoms with E-state index in [9.17, 15) is 9.59 Å². The molecule has 1 amide bonds. The number of para-hydroxylation sites is 1. The molecule has 1 saturated carbocycles. The summed E-state index contributed by atoms with van der Waals surface area (Å²) in [5, 5.41) is 9.76. The average Bonchev–Trinajstić information content (AvgIpc) is 3.22. The predicted molar refractivity (Wildman–Crippen MR) is 125 cm³/mol.